The number of morpholine rings is 1. The number of aromatic amines is 1. The van der Waals surface area contributed by atoms with Gasteiger partial charge < -0.3 is 35.1 Å². The molecule has 5 rings (SSSR count). The van der Waals surface area contributed by atoms with Crippen molar-refractivity contribution in [2.24, 2.45) is 0 Å². The third kappa shape index (κ3) is 5.59. The van der Waals surface area contributed by atoms with E-state index in [0.717, 1.165) is 18.8 Å². The van der Waals surface area contributed by atoms with Gasteiger partial charge in [0.2, 0.25) is 5.91 Å². The molecule has 208 valence electrons. The van der Waals surface area contributed by atoms with Gasteiger partial charge in [-0.25, -0.2) is 4.39 Å². The predicted octanol–water partition coefficient (Wildman–Crippen LogP) is 1.23. The number of nitrogens with zero attached hydrogens (tertiary/aromatic N) is 2. The van der Waals surface area contributed by atoms with E-state index in [0.29, 0.717) is 60.8 Å². The molecule has 4 N–H and O–H groups in total. The Hall–Kier alpha value is -3.58. The number of ether oxygens (including phenoxy) is 2. The maximum Gasteiger partial charge on any atom is 0.256 e. The smallest absolute Gasteiger partial charge is 0.256 e. The number of carbonyl (C=O) groups is 3. The van der Waals surface area contributed by atoms with E-state index in [2.05, 4.69) is 20.5 Å². The number of H-pyrrole nitrogens is 1. The van der Waals surface area contributed by atoms with Gasteiger partial charge in [0.1, 0.15) is 12.4 Å². The number of benzene rings is 1. The molecule has 12 heteroatoms. The lowest BCUT2D eigenvalue weighted by Crippen LogP contribution is -2.47. The van der Waals surface area contributed by atoms with Crippen molar-refractivity contribution in [3.8, 4) is 0 Å². The van der Waals surface area contributed by atoms with Crippen LogP contribution in [0.15, 0.2) is 12.1 Å². The first-order valence-electron chi connectivity index (χ1n) is 12.9. The maximum atomic E-state index is 14.8. The summed E-state index contributed by atoms with van der Waals surface area (Å²) in [5, 5.41) is 15.8. The lowest BCUT2D eigenvalue weighted by molar-refractivity contribution is -0.119. The van der Waals surface area contributed by atoms with Crippen molar-refractivity contribution >= 4 is 40.7 Å². The Morgan fingerprint density at radius 1 is 1.26 bits per heavy atom. The number of nitrogens with one attached hydrogen (secondary N) is 3. The standard InChI is InChI=1S/C27H32FN5O6/c1-15-21(10-18-17-9-19(28)23(30-24(35)14-38-2)11-22(17)31-26(18)36)29-20-3-4-33(27(37)25(15)20)13-16(34)12-32-5-7-39-8-6-32/h9-11,16,29,34H,3-8,12-14H2,1-2H3,(H,30,35)(H,31,36)/b18-10-. The number of aliphatic hydroxyl groups excluding tert-OH is 1. The predicted molar refractivity (Wildman–Crippen MR) is 142 cm³/mol. The highest BCUT2D eigenvalue weighted by molar-refractivity contribution is 6.35. The van der Waals surface area contributed by atoms with Crippen LogP contribution in [0.1, 0.15) is 32.9 Å². The molecule has 0 bridgehead atoms. The van der Waals surface area contributed by atoms with Crippen molar-refractivity contribution in [3.63, 3.8) is 0 Å². The molecule has 0 spiro atoms. The van der Waals surface area contributed by atoms with E-state index in [4.69, 9.17) is 9.47 Å². The molecule has 1 fully saturated rings. The van der Waals surface area contributed by atoms with Crippen LogP contribution >= 0.6 is 0 Å². The number of anilines is 2. The third-order valence-electron chi connectivity index (χ3n) is 7.23. The van der Waals surface area contributed by atoms with Gasteiger partial charge in [-0.2, -0.15) is 0 Å². The average molecular weight is 542 g/mol. The van der Waals surface area contributed by atoms with Gasteiger partial charge in [0.05, 0.1) is 41.8 Å². The van der Waals surface area contributed by atoms with E-state index < -0.39 is 23.7 Å². The summed E-state index contributed by atoms with van der Waals surface area (Å²) >= 11 is 0. The summed E-state index contributed by atoms with van der Waals surface area (Å²) in [5.74, 6) is -1.80. The summed E-state index contributed by atoms with van der Waals surface area (Å²) in [6.45, 7) is 5.55. The van der Waals surface area contributed by atoms with Crippen LogP contribution in [-0.4, -0.2) is 103 Å². The number of hydrogen-bond acceptors (Lipinski definition) is 7. The van der Waals surface area contributed by atoms with Crippen molar-refractivity contribution in [1.29, 1.82) is 0 Å². The molecule has 0 radical (unpaired) electrons. The summed E-state index contributed by atoms with van der Waals surface area (Å²) in [7, 11) is 1.36. The number of β-amino-alcohol motifs (C(OH)–C–C–N with tert-alkyl or cyclic N) is 1. The van der Waals surface area contributed by atoms with Gasteiger partial charge in [-0.3, -0.25) is 19.3 Å². The Bertz CT molecular complexity index is 1330. The fraction of sp³-hybridized carbons (Fsp3) is 0.444. The summed E-state index contributed by atoms with van der Waals surface area (Å²) in [5.41, 5.74) is 3.46. The minimum absolute atomic E-state index is 0.0645. The van der Waals surface area contributed by atoms with Gasteiger partial charge in [0.15, 0.2) is 0 Å². The number of aliphatic hydroxyl groups is 1. The number of methoxy groups -OCH3 is 1. The van der Waals surface area contributed by atoms with Gasteiger partial charge >= 0.3 is 0 Å². The topological polar surface area (TPSA) is 136 Å². The second kappa shape index (κ2) is 11.3. The van der Waals surface area contributed by atoms with Crippen LogP contribution in [0.2, 0.25) is 0 Å². The van der Waals surface area contributed by atoms with Gasteiger partial charge in [-0.15, -0.1) is 0 Å². The SMILES string of the molecule is COCC(=O)Nc1cc2c(cc1F)/C(=C/c1[nH]c3c(c1C)C(=O)N(CC(O)CN1CCOCC1)CC3)C(=O)N2. The fourth-order valence-electron chi connectivity index (χ4n) is 5.29. The normalized spacial score (nSPS) is 19.2. The molecule has 3 aliphatic heterocycles. The minimum Gasteiger partial charge on any atom is -0.390 e. The quantitative estimate of drug-likeness (QED) is 0.369. The van der Waals surface area contributed by atoms with Crippen molar-refractivity contribution < 1.29 is 33.4 Å². The Kier molecular flexibility index (Phi) is 7.80. The van der Waals surface area contributed by atoms with E-state index in [1.807, 2.05) is 0 Å². The molecule has 4 heterocycles. The molecule has 1 aromatic carbocycles. The Balaban J connectivity index is 1.34. The lowest BCUT2D eigenvalue weighted by Gasteiger charge is -2.32. The van der Waals surface area contributed by atoms with E-state index in [1.165, 1.54) is 19.2 Å². The molecule has 1 saturated heterocycles. The Morgan fingerprint density at radius 2 is 2.03 bits per heavy atom. The third-order valence-corrected chi connectivity index (χ3v) is 7.23. The lowest BCUT2D eigenvalue weighted by atomic mass is 10.0. The van der Waals surface area contributed by atoms with Crippen LogP contribution in [-0.2, 0) is 25.5 Å². The second-order valence-corrected chi connectivity index (χ2v) is 9.96. The monoisotopic (exact) mass is 541 g/mol. The van der Waals surface area contributed by atoms with E-state index in [-0.39, 0.29) is 30.3 Å². The van der Waals surface area contributed by atoms with Crippen molar-refractivity contribution in [2.45, 2.75) is 19.4 Å². The molecule has 3 amide bonds. The summed E-state index contributed by atoms with van der Waals surface area (Å²) in [4.78, 5) is 45.0. The number of rotatable bonds is 8. The van der Waals surface area contributed by atoms with Gasteiger partial charge in [0, 0.05) is 63.2 Å². The first-order valence-corrected chi connectivity index (χ1v) is 12.9. The van der Waals surface area contributed by atoms with E-state index in [1.54, 1.807) is 17.9 Å². The molecule has 1 aromatic heterocycles. The van der Waals surface area contributed by atoms with Gasteiger partial charge in [-0.1, -0.05) is 0 Å². The molecule has 2 aromatic rings. The second-order valence-electron chi connectivity index (χ2n) is 9.96. The summed E-state index contributed by atoms with van der Waals surface area (Å²) < 4.78 is 24.9. The highest BCUT2D eigenvalue weighted by Gasteiger charge is 2.32. The number of amides is 3. The molecular weight excluding hydrogens is 509 g/mol. The molecule has 1 unspecified atom stereocenters. The van der Waals surface area contributed by atoms with Crippen LogP contribution in [0.25, 0.3) is 11.6 Å². The first kappa shape index (κ1) is 27.0. The van der Waals surface area contributed by atoms with Gasteiger partial charge in [0.25, 0.3) is 11.8 Å². The first-order chi connectivity index (χ1) is 18.7. The number of fused-ring (bicyclic) bond motifs is 2. The summed E-state index contributed by atoms with van der Waals surface area (Å²) in [6.07, 6.45) is 1.52. The van der Waals surface area contributed by atoms with Crippen LogP contribution in [0.4, 0.5) is 15.8 Å². The fourth-order valence-corrected chi connectivity index (χ4v) is 5.29. The molecular formula is C27H32FN5O6. The van der Waals surface area contributed by atoms with Crippen molar-refractivity contribution in [3.05, 3.63) is 46.0 Å². The number of carbonyl (C=O) groups excluding carboxylic acids is 3. The zero-order valence-electron chi connectivity index (χ0n) is 21.9. The Morgan fingerprint density at radius 3 is 2.77 bits per heavy atom. The number of aromatic nitrogens is 1. The number of halogens is 1. The van der Waals surface area contributed by atoms with Crippen LogP contribution in [0.5, 0.6) is 0 Å². The molecule has 0 aliphatic carbocycles. The number of hydrogen-bond donors (Lipinski definition) is 4. The largest absolute Gasteiger partial charge is 0.390 e. The minimum atomic E-state index is -0.690. The van der Waals surface area contributed by atoms with E-state index in [9.17, 15) is 23.9 Å². The highest BCUT2D eigenvalue weighted by Crippen LogP contribution is 2.37. The zero-order valence-corrected chi connectivity index (χ0v) is 21.9. The molecule has 39 heavy (non-hydrogen) atoms. The van der Waals surface area contributed by atoms with Crippen molar-refractivity contribution in [1.82, 2.24) is 14.8 Å². The van der Waals surface area contributed by atoms with Gasteiger partial charge in [-0.05, 0) is 30.7 Å². The van der Waals surface area contributed by atoms with E-state index >= 15 is 0 Å². The molecule has 0 saturated carbocycles. The maximum absolute atomic E-state index is 14.8. The average Bonchev–Trinajstić information content (AvgIpc) is 3.37. The zero-order chi connectivity index (χ0) is 27.7. The Labute approximate surface area is 224 Å². The van der Waals surface area contributed by atoms with Crippen molar-refractivity contribution in [2.75, 3.05) is 70.3 Å². The highest BCUT2D eigenvalue weighted by atomic mass is 19.1. The molecule has 3 aliphatic rings. The molecule has 1 atom stereocenters. The van der Waals surface area contributed by atoms with Crippen LogP contribution < -0.4 is 10.6 Å². The van der Waals surface area contributed by atoms with Crippen LogP contribution in [0, 0.1) is 12.7 Å². The van der Waals surface area contributed by atoms with Crippen LogP contribution in [0.3, 0.4) is 0 Å². The molecule has 11 nitrogen and oxygen atoms in total. The summed E-state index contributed by atoms with van der Waals surface area (Å²) in [6, 6.07) is 2.57.